The van der Waals surface area contributed by atoms with Gasteiger partial charge in [0.1, 0.15) is 31.8 Å². The normalized spacial score (nSPS) is 34.1. The van der Waals surface area contributed by atoms with Crippen LogP contribution in [0.1, 0.15) is 304 Å². The van der Waals surface area contributed by atoms with Crippen LogP contribution >= 0.6 is 0 Å². The molecular weight excluding hydrogens is 1150 g/mol. The molecule has 0 heterocycles. The van der Waals surface area contributed by atoms with Crippen molar-refractivity contribution in [3.63, 3.8) is 0 Å². The molecule has 8 aliphatic carbocycles. The number of carbonyl (C=O) groups excluding carboxylic acids is 4. The Morgan fingerprint density at radius 2 is 0.548 bits per heavy atom. The van der Waals surface area contributed by atoms with Crippen molar-refractivity contribution >= 4 is 23.9 Å². The van der Waals surface area contributed by atoms with Crippen LogP contribution in [0.3, 0.4) is 0 Å². The van der Waals surface area contributed by atoms with Crippen molar-refractivity contribution in [3.8, 4) is 0 Å². The summed E-state index contributed by atoms with van der Waals surface area (Å²) in [6.45, 7) is 35.0. The zero-order chi connectivity index (χ0) is 66.6. The minimum Gasteiger partial charge on any atom is -0.464 e. The highest BCUT2D eigenvalue weighted by molar-refractivity contribution is 5.80. The highest BCUT2D eigenvalue weighted by atomic mass is 16.6. The summed E-state index contributed by atoms with van der Waals surface area (Å²) in [5.74, 6) is 0.560. The average molecular weight is 1270 g/mol. The van der Waals surface area contributed by atoms with Crippen LogP contribution in [0.2, 0.25) is 0 Å². The molecule has 0 aliphatic heterocycles. The van der Waals surface area contributed by atoms with Crippen LogP contribution < -0.4 is 0 Å². The minimum atomic E-state index is -1.46. The number of carbonyl (C=O) groups is 4. The van der Waals surface area contributed by atoms with Gasteiger partial charge in [0.15, 0.2) is 0 Å². The third-order valence-corrected chi connectivity index (χ3v) is 28.1. The third kappa shape index (κ3) is 11.3. The molecule has 12 rings (SSSR count). The van der Waals surface area contributed by atoms with E-state index in [0.717, 1.165) is 103 Å². The first-order valence-electron chi connectivity index (χ1n) is 37.1. The van der Waals surface area contributed by atoms with E-state index < -0.39 is 27.1 Å². The summed E-state index contributed by atoms with van der Waals surface area (Å²) in [6.07, 6.45) is 17.1. The maximum Gasteiger partial charge on any atom is 0.312 e. The molecule has 4 saturated carbocycles. The first-order valence-corrected chi connectivity index (χ1v) is 37.1. The summed E-state index contributed by atoms with van der Waals surface area (Å²) >= 11 is 0. The molecule has 4 aromatic rings. The largest absolute Gasteiger partial charge is 0.464 e. The molecule has 93 heavy (non-hydrogen) atoms. The second kappa shape index (κ2) is 24.7. The SMILES string of the molecule is CC(C)c1ccc2c(c1)CCC1[C@](C)(C(=O)OCC(COC(=O)[C@]3(C)CCC[C@@]4(C)c5ccc(C(C)C)cc5CCC34)(COC(=O)[C@@]3(C)CCC[C@]4(C)c5ccc(C(C)C)cc5CCC34)COC(=O)[C@@]3(C)CCC[C@]4(C)c5ccc(C(C)C)cc5CCC34)CCC[C@@]21C. The van der Waals surface area contributed by atoms with Crippen molar-refractivity contribution < 1.29 is 38.1 Å². The van der Waals surface area contributed by atoms with Gasteiger partial charge < -0.3 is 18.9 Å². The maximum absolute atomic E-state index is 15.8. The van der Waals surface area contributed by atoms with Crippen LogP contribution in [0.5, 0.6) is 0 Å². The molecule has 12 atom stereocenters. The standard InChI is InChI=1S/C85H116O8/c1-53(2)57-21-29-65-61(45-57)25-33-69-77(65,9)37-17-41-81(69,13)73(86)90-49-85(50-91-74(87)82(14)42-18-38-78(10)66-30-22-58(54(3)4)46-62(66)26-34-70(78)82,51-92-75(88)83(15)43-19-39-79(11)67-31-23-59(55(5)6)47-63(67)27-35-71(79)83)52-93-76(89)84(16)44-20-40-80(12)68-32-24-60(56(7)8)48-64(68)28-36-72(80)84/h21-24,29-32,45-48,53-56,69-72H,17-20,25-28,33-44,49-52H2,1-16H3/t69?,70?,71?,72?,77-,78-,79+,80+,81+,82+,83-,84-,85?. The summed E-state index contributed by atoms with van der Waals surface area (Å²) in [7, 11) is 0. The Hall–Kier alpha value is -5.24. The van der Waals surface area contributed by atoms with E-state index in [1.54, 1.807) is 0 Å². The van der Waals surface area contributed by atoms with Crippen LogP contribution in [-0.2, 0) is 85.5 Å². The quantitative estimate of drug-likeness (QED) is 0.0807. The zero-order valence-electron chi connectivity index (χ0n) is 60.3. The molecule has 4 aromatic carbocycles. The fourth-order valence-corrected chi connectivity index (χ4v) is 22.2. The predicted octanol–water partition coefficient (Wildman–Crippen LogP) is 19.5. The lowest BCUT2D eigenvalue weighted by Crippen LogP contribution is -2.56. The monoisotopic (exact) mass is 1260 g/mol. The smallest absolute Gasteiger partial charge is 0.312 e. The van der Waals surface area contributed by atoms with Crippen molar-refractivity contribution in [3.05, 3.63) is 140 Å². The van der Waals surface area contributed by atoms with E-state index in [9.17, 15) is 0 Å². The van der Waals surface area contributed by atoms with Crippen LogP contribution in [0.4, 0.5) is 0 Å². The number of aryl methyl sites for hydroxylation is 4. The van der Waals surface area contributed by atoms with E-state index in [2.05, 4.69) is 184 Å². The molecule has 0 aromatic heterocycles. The van der Waals surface area contributed by atoms with Crippen molar-refractivity contribution in [2.45, 2.75) is 285 Å². The first-order chi connectivity index (χ1) is 43.9. The summed E-state index contributed by atoms with van der Waals surface area (Å²) < 4.78 is 27.9. The predicted molar refractivity (Wildman–Crippen MR) is 373 cm³/mol. The molecular formula is C85H116O8. The lowest BCUT2D eigenvalue weighted by Gasteiger charge is -2.55. The maximum atomic E-state index is 15.8. The number of hydrogen-bond donors (Lipinski definition) is 0. The fraction of sp³-hybridized carbons (Fsp3) is 0.671. The second-order valence-electron chi connectivity index (χ2n) is 35.2. The topological polar surface area (TPSA) is 105 Å². The molecule has 8 heteroatoms. The van der Waals surface area contributed by atoms with Gasteiger partial charge in [0.2, 0.25) is 0 Å². The summed E-state index contributed by atoms with van der Waals surface area (Å²) in [6, 6.07) is 28.1. The number of esters is 4. The molecule has 0 amide bonds. The molecule has 0 radical (unpaired) electrons. The van der Waals surface area contributed by atoms with Gasteiger partial charge in [0.25, 0.3) is 0 Å². The highest BCUT2D eigenvalue weighted by Crippen LogP contribution is 2.63. The van der Waals surface area contributed by atoms with Gasteiger partial charge in [-0.2, -0.15) is 0 Å². The Kier molecular flexibility index (Phi) is 18.0. The van der Waals surface area contributed by atoms with Crippen molar-refractivity contribution in [1.82, 2.24) is 0 Å². The number of rotatable bonds is 16. The molecule has 504 valence electrons. The molecule has 4 fully saturated rings. The van der Waals surface area contributed by atoms with Crippen molar-refractivity contribution in [2.75, 3.05) is 26.4 Å². The molecule has 0 spiro atoms. The zero-order valence-corrected chi connectivity index (χ0v) is 60.3. The Balaban J connectivity index is 0.905. The first kappa shape index (κ1) is 67.7. The summed E-state index contributed by atoms with van der Waals surface area (Å²) in [4.78, 5) is 63.4. The highest BCUT2D eigenvalue weighted by Gasteiger charge is 2.61. The van der Waals surface area contributed by atoms with Gasteiger partial charge in [0.05, 0.1) is 21.7 Å². The molecule has 0 N–H and O–H groups in total. The van der Waals surface area contributed by atoms with Crippen LogP contribution in [-0.4, -0.2) is 50.3 Å². The van der Waals surface area contributed by atoms with Gasteiger partial charge in [0, 0.05) is 0 Å². The Labute approximate surface area is 560 Å². The van der Waals surface area contributed by atoms with E-state index in [1.165, 1.54) is 66.8 Å². The van der Waals surface area contributed by atoms with E-state index in [1.807, 2.05) is 0 Å². The minimum absolute atomic E-state index is 0.0148. The molecule has 8 nitrogen and oxygen atoms in total. The molecule has 0 bridgehead atoms. The Bertz CT molecular complexity index is 3070. The van der Waals surface area contributed by atoms with Crippen molar-refractivity contribution in [2.24, 2.45) is 50.7 Å². The number of benzene rings is 4. The van der Waals surface area contributed by atoms with Gasteiger partial charge in [-0.05, 0) is 266 Å². The van der Waals surface area contributed by atoms with Gasteiger partial charge in [-0.1, -0.05) is 182 Å². The van der Waals surface area contributed by atoms with Gasteiger partial charge in [-0.15, -0.1) is 0 Å². The molecule has 4 unspecified atom stereocenters. The molecule has 8 aliphatic rings. The Morgan fingerprint density at radius 1 is 0.344 bits per heavy atom. The lowest BCUT2D eigenvalue weighted by molar-refractivity contribution is -0.192. The Morgan fingerprint density at radius 3 is 0.742 bits per heavy atom. The third-order valence-electron chi connectivity index (χ3n) is 28.1. The van der Waals surface area contributed by atoms with E-state index >= 15 is 19.2 Å². The average Bonchev–Trinajstić information content (AvgIpc) is 0.748. The second-order valence-corrected chi connectivity index (χ2v) is 35.2. The number of hydrogen-bond acceptors (Lipinski definition) is 8. The summed E-state index contributed by atoms with van der Waals surface area (Å²) in [5.41, 5.74) is 10.5. The van der Waals surface area contributed by atoms with Crippen LogP contribution in [0.15, 0.2) is 72.8 Å². The van der Waals surface area contributed by atoms with E-state index in [4.69, 9.17) is 18.9 Å². The fourth-order valence-electron chi connectivity index (χ4n) is 22.2. The van der Waals surface area contributed by atoms with Crippen LogP contribution in [0.25, 0.3) is 0 Å². The van der Waals surface area contributed by atoms with Gasteiger partial charge in [-0.25, -0.2) is 0 Å². The van der Waals surface area contributed by atoms with Crippen LogP contribution in [0, 0.1) is 50.7 Å². The number of ether oxygens (including phenoxy) is 4. The van der Waals surface area contributed by atoms with Gasteiger partial charge >= 0.3 is 23.9 Å². The van der Waals surface area contributed by atoms with E-state index in [-0.39, 0.29) is 95.6 Å². The summed E-state index contributed by atoms with van der Waals surface area (Å²) in [5, 5.41) is 0. The number of fused-ring (bicyclic) bond motifs is 12. The van der Waals surface area contributed by atoms with Gasteiger partial charge in [-0.3, -0.25) is 19.2 Å². The molecule has 0 saturated heterocycles. The van der Waals surface area contributed by atoms with E-state index in [0.29, 0.717) is 49.4 Å². The van der Waals surface area contributed by atoms with Crippen molar-refractivity contribution in [1.29, 1.82) is 0 Å². The lowest BCUT2D eigenvalue weighted by atomic mass is 9.49.